The Labute approximate surface area is 152 Å². The van der Waals surface area contributed by atoms with Crippen molar-refractivity contribution in [3.05, 3.63) is 29.3 Å². The molecule has 26 heavy (non-hydrogen) atoms. The van der Waals surface area contributed by atoms with Crippen molar-refractivity contribution >= 4 is 31.5 Å². The zero-order valence-electron chi connectivity index (χ0n) is 13.9. The molecule has 2 rings (SSSR count). The minimum absolute atomic E-state index is 0.104. The molecule has 1 aromatic carbocycles. The molecule has 0 aromatic heterocycles. The van der Waals surface area contributed by atoms with Crippen molar-refractivity contribution in [2.75, 3.05) is 20.6 Å². The molecule has 2 amide bonds. The zero-order chi connectivity index (χ0) is 19.9. The SMILES string of the molecule is CN(C)C(=O)C[C@H]1c2cc(S(=O)(=O)Cl)ccc2CCN1C(=O)C(F)(F)F. The molecule has 1 heterocycles. The molecule has 1 aliphatic heterocycles. The summed E-state index contributed by atoms with van der Waals surface area (Å²) in [7, 11) is 4.06. The van der Waals surface area contributed by atoms with E-state index in [4.69, 9.17) is 10.7 Å². The lowest BCUT2D eigenvalue weighted by molar-refractivity contribution is -0.188. The van der Waals surface area contributed by atoms with Crippen LogP contribution in [0.3, 0.4) is 0 Å². The van der Waals surface area contributed by atoms with E-state index in [0.717, 1.165) is 6.07 Å². The number of halogens is 4. The second-order valence-electron chi connectivity index (χ2n) is 6.05. The van der Waals surface area contributed by atoms with Gasteiger partial charge in [-0.2, -0.15) is 13.2 Å². The van der Waals surface area contributed by atoms with Crippen molar-refractivity contribution < 1.29 is 31.2 Å². The van der Waals surface area contributed by atoms with E-state index in [2.05, 4.69) is 0 Å². The van der Waals surface area contributed by atoms with E-state index in [1.807, 2.05) is 0 Å². The standard InChI is InChI=1S/C15H16ClF3N2O4S/c1-20(2)13(22)8-12-11-7-10(26(16,24)25)4-3-9(11)5-6-21(12)14(23)15(17,18)19/h3-4,7,12H,5-6,8H2,1-2H3/t12-/m0/s1. The molecule has 0 spiro atoms. The van der Waals surface area contributed by atoms with Crippen LogP contribution < -0.4 is 0 Å². The Morgan fingerprint density at radius 2 is 1.92 bits per heavy atom. The normalized spacial score (nSPS) is 17.6. The molecule has 6 nitrogen and oxygen atoms in total. The summed E-state index contributed by atoms with van der Waals surface area (Å²) in [5.41, 5.74) is 0.739. The van der Waals surface area contributed by atoms with Crippen LogP contribution in [0.4, 0.5) is 13.2 Å². The van der Waals surface area contributed by atoms with Gasteiger partial charge in [0.1, 0.15) is 0 Å². The van der Waals surface area contributed by atoms with Gasteiger partial charge in [-0.05, 0) is 29.7 Å². The molecule has 0 aliphatic carbocycles. The Hall–Kier alpha value is -1.81. The van der Waals surface area contributed by atoms with Crippen LogP contribution in [-0.2, 0) is 25.1 Å². The van der Waals surface area contributed by atoms with Gasteiger partial charge in [0, 0.05) is 31.3 Å². The number of hydrogen-bond donors (Lipinski definition) is 0. The van der Waals surface area contributed by atoms with Crippen LogP contribution in [-0.4, -0.2) is 56.8 Å². The van der Waals surface area contributed by atoms with Crippen LogP contribution in [0.15, 0.2) is 23.1 Å². The molecule has 0 fully saturated rings. The number of hydrogen-bond acceptors (Lipinski definition) is 4. The maximum Gasteiger partial charge on any atom is 0.471 e. The number of alkyl halides is 3. The summed E-state index contributed by atoms with van der Waals surface area (Å²) in [5.74, 6) is -2.57. The van der Waals surface area contributed by atoms with Crippen LogP contribution >= 0.6 is 10.7 Å². The van der Waals surface area contributed by atoms with Crippen LogP contribution in [0.25, 0.3) is 0 Å². The molecule has 144 valence electrons. The van der Waals surface area contributed by atoms with Gasteiger partial charge in [-0.15, -0.1) is 0 Å². The van der Waals surface area contributed by atoms with Crippen molar-refractivity contribution in [3.8, 4) is 0 Å². The second kappa shape index (κ2) is 7.07. The first-order chi connectivity index (χ1) is 11.8. The first kappa shape index (κ1) is 20.5. The molecule has 1 aromatic rings. The van der Waals surface area contributed by atoms with E-state index in [1.54, 1.807) is 0 Å². The minimum atomic E-state index is -5.10. The Kier molecular flexibility index (Phi) is 5.57. The van der Waals surface area contributed by atoms with Crippen LogP contribution in [0.5, 0.6) is 0 Å². The molecule has 0 radical (unpaired) electrons. The van der Waals surface area contributed by atoms with Crippen LogP contribution in [0.1, 0.15) is 23.6 Å². The minimum Gasteiger partial charge on any atom is -0.349 e. The number of amides is 2. The molecular formula is C15H16ClF3N2O4S. The van der Waals surface area contributed by atoms with E-state index < -0.39 is 39.5 Å². The van der Waals surface area contributed by atoms with Crippen molar-refractivity contribution in [1.29, 1.82) is 0 Å². The molecular weight excluding hydrogens is 397 g/mol. The molecule has 0 saturated heterocycles. The van der Waals surface area contributed by atoms with E-state index in [9.17, 15) is 31.2 Å². The first-order valence-corrected chi connectivity index (χ1v) is 9.78. The van der Waals surface area contributed by atoms with Gasteiger partial charge in [-0.1, -0.05) is 6.07 Å². The van der Waals surface area contributed by atoms with Gasteiger partial charge in [0.2, 0.25) is 5.91 Å². The molecule has 0 N–H and O–H groups in total. The second-order valence-corrected chi connectivity index (χ2v) is 8.62. The number of nitrogens with zero attached hydrogens (tertiary/aromatic N) is 2. The smallest absolute Gasteiger partial charge is 0.349 e. The third-order valence-electron chi connectivity index (χ3n) is 4.13. The fraction of sp³-hybridized carbons (Fsp3) is 0.467. The van der Waals surface area contributed by atoms with Crippen molar-refractivity contribution in [2.45, 2.75) is 30.0 Å². The maximum absolute atomic E-state index is 12.9. The largest absolute Gasteiger partial charge is 0.471 e. The predicted molar refractivity (Wildman–Crippen MR) is 87.0 cm³/mol. The van der Waals surface area contributed by atoms with Crippen molar-refractivity contribution in [3.63, 3.8) is 0 Å². The van der Waals surface area contributed by atoms with Crippen molar-refractivity contribution in [1.82, 2.24) is 9.80 Å². The van der Waals surface area contributed by atoms with Gasteiger partial charge in [0.15, 0.2) is 0 Å². The number of carbonyl (C=O) groups excluding carboxylic acids is 2. The molecule has 0 saturated carbocycles. The van der Waals surface area contributed by atoms with E-state index in [1.165, 1.54) is 31.1 Å². The fourth-order valence-electron chi connectivity index (χ4n) is 2.80. The van der Waals surface area contributed by atoms with Crippen molar-refractivity contribution in [2.24, 2.45) is 0 Å². The summed E-state index contributed by atoms with van der Waals surface area (Å²) < 4.78 is 62.0. The fourth-order valence-corrected chi connectivity index (χ4v) is 3.59. The number of benzene rings is 1. The average Bonchev–Trinajstić information content (AvgIpc) is 2.52. The van der Waals surface area contributed by atoms with E-state index in [0.29, 0.717) is 10.5 Å². The summed E-state index contributed by atoms with van der Waals surface area (Å²) in [6, 6.07) is 2.57. The van der Waals surface area contributed by atoms with E-state index >= 15 is 0 Å². The summed E-state index contributed by atoms with van der Waals surface area (Å²) in [6.07, 6.45) is -5.41. The number of fused-ring (bicyclic) bond motifs is 1. The van der Waals surface area contributed by atoms with Gasteiger partial charge in [-0.25, -0.2) is 8.42 Å². The van der Waals surface area contributed by atoms with Gasteiger partial charge in [0.25, 0.3) is 9.05 Å². The average molecular weight is 413 g/mol. The first-order valence-electron chi connectivity index (χ1n) is 7.48. The lowest BCUT2D eigenvalue weighted by Gasteiger charge is -2.38. The summed E-state index contributed by atoms with van der Waals surface area (Å²) in [5, 5.41) is 0. The van der Waals surface area contributed by atoms with Crippen LogP contribution in [0.2, 0.25) is 0 Å². The third-order valence-corrected chi connectivity index (χ3v) is 5.48. The van der Waals surface area contributed by atoms with Gasteiger partial charge < -0.3 is 9.80 Å². The monoisotopic (exact) mass is 412 g/mol. The highest BCUT2D eigenvalue weighted by molar-refractivity contribution is 8.13. The lowest BCUT2D eigenvalue weighted by atomic mass is 9.90. The summed E-state index contributed by atoms with van der Waals surface area (Å²) in [6.45, 7) is -0.232. The Bertz CT molecular complexity index is 840. The number of rotatable bonds is 3. The number of carbonyl (C=O) groups is 2. The molecule has 0 bridgehead atoms. The molecule has 1 aliphatic rings. The Morgan fingerprint density at radius 3 is 2.42 bits per heavy atom. The quantitative estimate of drug-likeness (QED) is 0.712. The Morgan fingerprint density at radius 1 is 1.31 bits per heavy atom. The zero-order valence-corrected chi connectivity index (χ0v) is 15.5. The molecule has 0 unspecified atom stereocenters. The lowest BCUT2D eigenvalue weighted by Crippen LogP contribution is -2.47. The maximum atomic E-state index is 12.9. The topological polar surface area (TPSA) is 74.8 Å². The van der Waals surface area contributed by atoms with Gasteiger partial charge >= 0.3 is 12.1 Å². The molecule has 1 atom stereocenters. The highest BCUT2D eigenvalue weighted by Crippen LogP contribution is 2.37. The summed E-state index contributed by atoms with van der Waals surface area (Å²) in [4.78, 5) is 25.3. The summed E-state index contributed by atoms with van der Waals surface area (Å²) >= 11 is 0. The van der Waals surface area contributed by atoms with E-state index in [-0.39, 0.29) is 23.4 Å². The Balaban J connectivity index is 2.56. The highest BCUT2D eigenvalue weighted by Gasteiger charge is 2.46. The predicted octanol–water partition coefficient (Wildman–Crippen LogP) is 2.08. The van der Waals surface area contributed by atoms with Gasteiger partial charge in [-0.3, -0.25) is 9.59 Å². The van der Waals surface area contributed by atoms with Gasteiger partial charge in [0.05, 0.1) is 17.4 Å². The van der Waals surface area contributed by atoms with Crippen LogP contribution in [0, 0.1) is 0 Å². The third kappa shape index (κ3) is 4.29. The molecule has 11 heteroatoms. The highest BCUT2D eigenvalue weighted by atomic mass is 35.7.